The van der Waals surface area contributed by atoms with Crippen molar-refractivity contribution in [3.63, 3.8) is 0 Å². The zero-order valence-electron chi connectivity index (χ0n) is 26.4. The van der Waals surface area contributed by atoms with E-state index in [1.165, 1.54) is 17.6 Å². The molecule has 0 saturated heterocycles. The molecule has 2 amide bonds. The molecule has 0 fully saturated rings. The highest BCUT2D eigenvalue weighted by atomic mass is 35.5. The lowest BCUT2D eigenvalue weighted by atomic mass is 9.88. The topological polar surface area (TPSA) is 115 Å². The summed E-state index contributed by atoms with van der Waals surface area (Å²) in [5.74, 6) is 0.434. The van der Waals surface area contributed by atoms with Crippen molar-refractivity contribution in [1.82, 2.24) is 5.43 Å². The number of ether oxygens (including phenoxy) is 3. The molecule has 0 saturated carbocycles. The highest BCUT2D eigenvalue weighted by Crippen LogP contribution is 2.40. The van der Waals surface area contributed by atoms with E-state index in [9.17, 15) is 14.4 Å². The molecule has 1 heterocycles. The maximum atomic E-state index is 13.1. The molecule has 47 heavy (non-hydrogen) atoms. The summed E-state index contributed by atoms with van der Waals surface area (Å²) in [6, 6.07) is 21.2. The van der Waals surface area contributed by atoms with Crippen LogP contribution in [0.5, 0.6) is 11.5 Å². The van der Waals surface area contributed by atoms with Crippen LogP contribution in [0.15, 0.2) is 77.9 Å². The lowest BCUT2D eigenvalue weighted by molar-refractivity contribution is -0.127. The summed E-state index contributed by atoms with van der Waals surface area (Å²) >= 11 is 7.36. The number of hydrogen-bond donors (Lipinski definition) is 2. The van der Waals surface area contributed by atoms with Crippen molar-refractivity contribution in [1.29, 1.82) is 0 Å². The Balaban J connectivity index is 1.11. The quantitative estimate of drug-likeness (QED) is 0.0917. The Hall–Kier alpha value is -4.67. The van der Waals surface area contributed by atoms with E-state index in [1.54, 1.807) is 38.1 Å². The summed E-state index contributed by atoms with van der Waals surface area (Å²) in [7, 11) is 0. The van der Waals surface area contributed by atoms with Crippen molar-refractivity contribution in [2.24, 2.45) is 11.0 Å². The number of nitrogens with one attached hydrogen (secondary N) is 2. The number of benzene rings is 3. The van der Waals surface area contributed by atoms with E-state index in [4.69, 9.17) is 25.8 Å². The number of carbonyl (C=O) groups excluding carboxylic acids is 3. The molecule has 0 unspecified atom stereocenters. The Morgan fingerprint density at radius 1 is 1.02 bits per heavy atom. The van der Waals surface area contributed by atoms with Gasteiger partial charge in [-0.05, 0) is 116 Å². The first-order valence-electron chi connectivity index (χ1n) is 15.4. The number of esters is 1. The molecule has 1 aliphatic carbocycles. The van der Waals surface area contributed by atoms with E-state index in [0.717, 1.165) is 40.8 Å². The van der Waals surface area contributed by atoms with E-state index >= 15 is 0 Å². The number of carbonyl (C=O) groups is 3. The van der Waals surface area contributed by atoms with Crippen LogP contribution in [0.3, 0.4) is 0 Å². The summed E-state index contributed by atoms with van der Waals surface area (Å²) in [6.07, 6.45) is 3.33. The van der Waals surface area contributed by atoms with Gasteiger partial charge in [-0.15, -0.1) is 11.3 Å². The highest BCUT2D eigenvalue weighted by molar-refractivity contribution is 7.17. The number of hydrogen-bond acceptors (Lipinski definition) is 8. The van der Waals surface area contributed by atoms with E-state index in [0.29, 0.717) is 45.2 Å². The summed E-state index contributed by atoms with van der Waals surface area (Å²) < 4.78 is 16.9. The van der Waals surface area contributed by atoms with Gasteiger partial charge in [0.05, 0.1) is 18.4 Å². The van der Waals surface area contributed by atoms with Crippen LogP contribution in [0.25, 0.3) is 0 Å². The Morgan fingerprint density at radius 3 is 2.43 bits per heavy atom. The fourth-order valence-corrected chi connectivity index (χ4v) is 6.55. The molecule has 1 aromatic heterocycles. The first kappa shape index (κ1) is 33.7. The number of amides is 2. The number of hydrazone groups is 1. The van der Waals surface area contributed by atoms with Crippen molar-refractivity contribution in [2.75, 3.05) is 11.9 Å². The number of rotatable bonds is 12. The number of anilines is 1. The van der Waals surface area contributed by atoms with Crippen LogP contribution in [-0.2, 0) is 29.0 Å². The van der Waals surface area contributed by atoms with Gasteiger partial charge in [0, 0.05) is 15.5 Å². The van der Waals surface area contributed by atoms with Crippen molar-refractivity contribution >= 4 is 51.9 Å². The first-order chi connectivity index (χ1) is 22.7. The SMILES string of the molecule is CCOC(=O)c1c(NC(=O)c2ccc(O[C@H](C)C(=O)N/N=C\c3ccc(OCc4ccc(Cl)cc4)cc3)cc2)sc2c1CC[C@@H](C)C2. The minimum absolute atomic E-state index is 0.258. The predicted molar refractivity (Wildman–Crippen MR) is 184 cm³/mol. The second kappa shape index (κ2) is 15.8. The van der Waals surface area contributed by atoms with Crippen LogP contribution in [-0.4, -0.2) is 36.7 Å². The highest BCUT2D eigenvalue weighted by Gasteiger charge is 2.29. The van der Waals surface area contributed by atoms with Crippen molar-refractivity contribution in [3.8, 4) is 11.5 Å². The molecule has 4 aromatic rings. The Bertz CT molecular complexity index is 1740. The van der Waals surface area contributed by atoms with Gasteiger partial charge in [0.2, 0.25) is 0 Å². The number of halogens is 1. The summed E-state index contributed by atoms with van der Waals surface area (Å²) in [5.41, 5.74) is 6.10. The average molecular weight is 674 g/mol. The molecule has 244 valence electrons. The van der Waals surface area contributed by atoms with E-state index < -0.39 is 18.0 Å². The summed E-state index contributed by atoms with van der Waals surface area (Å²) in [6.45, 7) is 6.24. The van der Waals surface area contributed by atoms with Crippen LogP contribution >= 0.6 is 22.9 Å². The van der Waals surface area contributed by atoms with Crippen LogP contribution in [0, 0.1) is 5.92 Å². The van der Waals surface area contributed by atoms with E-state index in [-0.39, 0.29) is 12.5 Å². The number of fused-ring (bicyclic) bond motifs is 1. The van der Waals surface area contributed by atoms with Crippen molar-refractivity contribution in [2.45, 2.75) is 52.7 Å². The molecule has 0 spiro atoms. The van der Waals surface area contributed by atoms with Crippen LogP contribution < -0.4 is 20.2 Å². The molecular formula is C36H36ClN3O6S. The maximum absolute atomic E-state index is 13.1. The first-order valence-corrected chi connectivity index (χ1v) is 16.6. The molecule has 1 aliphatic rings. The molecule has 2 atom stereocenters. The molecule has 3 aromatic carbocycles. The van der Waals surface area contributed by atoms with Gasteiger partial charge in [-0.2, -0.15) is 5.10 Å². The van der Waals surface area contributed by atoms with Crippen LogP contribution in [0.4, 0.5) is 5.00 Å². The minimum Gasteiger partial charge on any atom is -0.489 e. The number of nitrogens with zero attached hydrogens (tertiary/aromatic N) is 1. The van der Waals surface area contributed by atoms with Crippen molar-refractivity contribution in [3.05, 3.63) is 111 Å². The Kier molecular flexibility index (Phi) is 11.3. The second-order valence-corrected chi connectivity index (χ2v) is 12.8. The van der Waals surface area contributed by atoms with Crippen LogP contribution in [0.1, 0.15) is 69.5 Å². The molecule has 9 nitrogen and oxygen atoms in total. The largest absolute Gasteiger partial charge is 0.489 e. The zero-order valence-corrected chi connectivity index (χ0v) is 28.0. The summed E-state index contributed by atoms with van der Waals surface area (Å²) in [4.78, 5) is 39.6. The lowest BCUT2D eigenvalue weighted by Gasteiger charge is -2.18. The third-order valence-electron chi connectivity index (χ3n) is 7.60. The van der Waals surface area contributed by atoms with Gasteiger partial charge < -0.3 is 19.5 Å². The molecule has 0 aliphatic heterocycles. The van der Waals surface area contributed by atoms with Gasteiger partial charge in [0.15, 0.2) is 6.10 Å². The third kappa shape index (κ3) is 8.99. The van der Waals surface area contributed by atoms with Gasteiger partial charge in [-0.3, -0.25) is 9.59 Å². The number of thiophene rings is 1. The van der Waals surface area contributed by atoms with Gasteiger partial charge >= 0.3 is 5.97 Å². The van der Waals surface area contributed by atoms with Gasteiger partial charge in [-0.25, -0.2) is 10.2 Å². The lowest BCUT2D eigenvalue weighted by Crippen LogP contribution is -2.33. The predicted octanol–water partition coefficient (Wildman–Crippen LogP) is 7.45. The monoisotopic (exact) mass is 673 g/mol. The second-order valence-electron chi connectivity index (χ2n) is 11.2. The van der Waals surface area contributed by atoms with Crippen molar-refractivity contribution < 1.29 is 28.6 Å². The van der Waals surface area contributed by atoms with Crippen LogP contribution in [0.2, 0.25) is 5.02 Å². The molecule has 5 rings (SSSR count). The molecular weight excluding hydrogens is 638 g/mol. The normalized spacial score (nSPS) is 14.6. The summed E-state index contributed by atoms with van der Waals surface area (Å²) in [5, 5.41) is 8.14. The third-order valence-corrected chi connectivity index (χ3v) is 9.03. The minimum atomic E-state index is -0.845. The average Bonchev–Trinajstić information content (AvgIpc) is 3.42. The molecule has 2 N–H and O–H groups in total. The zero-order chi connectivity index (χ0) is 33.3. The fourth-order valence-electron chi connectivity index (χ4n) is 5.03. The fraction of sp³-hybridized carbons (Fsp3) is 0.278. The molecule has 0 bridgehead atoms. The Morgan fingerprint density at radius 2 is 1.72 bits per heavy atom. The molecule has 0 radical (unpaired) electrons. The molecule has 11 heteroatoms. The maximum Gasteiger partial charge on any atom is 0.341 e. The van der Waals surface area contributed by atoms with Gasteiger partial charge in [-0.1, -0.05) is 30.7 Å². The van der Waals surface area contributed by atoms with Gasteiger partial charge in [0.25, 0.3) is 11.8 Å². The van der Waals surface area contributed by atoms with E-state index in [2.05, 4.69) is 22.8 Å². The van der Waals surface area contributed by atoms with Gasteiger partial charge in [0.1, 0.15) is 23.1 Å². The Labute approximate surface area is 282 Å². The standard InChI is InChI=1S/C36H36ClN3O6S/c1-4-44-36(43)32-30-18-5-22(2)19-31(30)47-35(32)39-34(42)26-10-16-29(17-11-26)46-23(3)33(41)40-38-20-24-8-14-28(15-9-24)45-21-25-6-12-27(37)13-7-25/h6-17,20,22-23H,4-5,18-19,21H2,1-3H3,(H,39,42)(H,40,41)/b38-20-/t22-,23-/m1/s1. The smallest absolute Gasteiger partial charge is 0.341 e. The van der Waals surface area contributed by atoms with E-state index in [1.807, 2.05) is 48.5 Å².